The summed E-state index contributed by atoms with van der Waals surface area (Å²) in [7, 11) is -3.72. The van der Waals surface area contributed by atoms with Crippen LogP contribution in [0.15, 0.2) is 53.4 Å². The lowest BCUT2D eigenvalue weighted by Crippen LogP contribution is -2.48. The molecule has 2 unspecified atom stereocenters. The number of amides is 1. The van der Waals surface area contributed by atoms with Crippen LogP contribution in [-0.2, 0) is 14.8 Å². The predicted molar refractivity (Wildman–Crippen MR) is 108 cm³/mol. The average Bonchev–Trinajstić information content (AvgIpc) is 2.67. The molecule has 1 heterocycles. The van der Waals surface area contributed by atoms with Gasteiger partial charge in [0.05, 0.1) is 17.1 Å². The summed E-state index contributed by atoms with van der Waals surface area (Å²) in [4.78, 5) is 12.7. The summed E-state index contributed by atoms with van der Waals surface area (Å²) in [5.74, 6) is 2.10. The number of terminal acetylenes is 1. The van der Waals surface area contributed by atoms with E-state index in [0.717, 1.165) is 0 Å². The Morgan fingerprint density at radius 2 is 1.82 bits per heavy atom. The fourth-order valence-corrected chi connectivity index (χ4v) is 4.80. The van der Waals surface area contributed by atoms with Crippen LogP contribution in [0, 0.1) is 12.3 Å². The smallest absolute Gasteiger partial charge is 0.255 e. The van der Waals surface area contributed by atoms with Gasteiger partial charge in [0.1, 0.15) is 0 Å². The number of carbonyl (C=O) groups excluding carboxylic acids is 1. The van der Waals surface area contributed by atoms with E-state index in [9.17, 15) is 13.2 Å². The van der Waals surface area contributed by atoms with Gasteiger partial charge in [0.25, 0.3) is 5.91 Å². The first-order valence-electron chi connectivity index (χ1n) is 8.93. The summed E-state index contributed by atoms with van der Waals surface area (Å²) in [6.45, 7) is 4.24. The molecule has 0 radical (unpaired) electrons. The van der Waals surface area contributed by atoms with E-state index in [1.54, 1.807) is 36.4 Å². The van der Waals surface area contributed by atoms with E-state index in [1.807, 2.05) is 13.8 Å². The Morgan fingerprint density at radius 3 is 2.50 bits per heavy atom. The van der Waals surface area contributed by atoms with Gasteiger partial charge in [-0.25, -0.2) is 8.42 Å². The zero-order valence-electron chi connectivity index (χ0n) is 15.8. The molecule has 146 valence electrons. The topological polar surface area (TPSA) is 75.7 Å². The number of morpholine rings is 1. The number of nitrogens with zero attached hydrogens (tertiary/aromatic N) is 1. The number of anilines is 1. The van der Waals surface area contributed by atoms with E-state index >= 15 is 0 Å². The number of carbonyl (C=O) groups is 1. The van der Waals surface area contributed by atoms with Gasteiger partial charge in [0.2, 0.25) is 10.0 Å². The highest BCUT2D eigenvalue weighted by atomic mass is 32.2. The highest BCUT2D eigenvalue weighted by Crippen LogP contribution is 2.22. The van der Waals surface area contributed by atoms with Crippen molar-refractivity contribution in [1.82, 2.24) is 4.31 Å². The van der Waals surface area contributed by atoms with Gasteiger partial charge < -0.3 is 10.1 Å². The van der Waals surface area contributed by atoms with Crippen LogP contribution < -0.4 is 5.32 Å². The van der Waals surface area contributed by atoms with E-state index in [0.29, 0.717) is 11.3 Å². The van der Waals surface area contributed by atoms with Crippen LogP contribution in [0.25, 0.3) is 0 Å². The highest BCUT2D eigenvalue weighted by Gasteiger charge is 2.32. The van der Waals surface area contributed by atoms with Crippen LogP contribution in [-0.4, -0.2) is 43.9 Å². The van der Waals surface area contributed by atoms with Crippen molar-refractivity contribution in [2.24, 2.45) is 0 Å². The largest absolute Gasteiger partial charge is 0.373 e. The van der Waals surface area contributed by atoms with E-state index in [-0.39, 0.29) is 35.8 Å². The molecule has 1 amide bonds. The molecular weight excluding hydrogens is 376 g/mol. The Morgan fingerprint density at radius 1 is 1.14 bits per heavy atom. The van der Waals surface area contributed by atoms with Crippen molar-refractivity contribution in [2.75, 3.05) is 18.4 Å². The molecule has 6 nitrogen and oxygen atoms in total. The molecule has 2 atom stereocenters. The van der Waals surface area contributed by atoms with Gasteiger partial charge >= 0.3 is 0 Å². The number of benzene rings is 2. The SMILES string of the molecule is C#Cc1cccc(NC(=O)c2cccc(S(=O)(=O)N3CC(C)OC(C)C3)c2)c1. The molecule has 1 aliphatic heterocycles. The molecular formula is C21H22N2O4S. The molecule has 1 saturated heterocycles. The molecule has 0 aromatic heterocycles. The summed E-state index contributed by atoms with van der Waals surface area (Å²) < 4.78 is 33.0. The molecule has 2 aromatic carbocycles. The van der Waals surface area contributed by atoms with E-state index in [1.165, 1.54) is 16.4 Å². The van der Waals surface area contributed by atoms with Crippen molar-refractivity contribution in [2.45, 2.75) is 31.0 Å². The summed E-state index contributed by atoms with van der Waals surface area (Å²) in [5.41, 5.74) is 1.44. The fraction of sp³-hybridized carbons (Fsp3) is 0.286. The van der Waals surface area contributed by atoms with Gasteiger partial charge in [-0.3, -0.25) is 4.79 Å². The fourth-order valence-electron chi connectivity index (χ4n) is 3.16. The van der Waals surface area contributed by atoms with Crippen LogP contribution in [0.3, 0.4) is 0 Å². The van der Waals surface area contributed by atoms with Gasteiger partial charge in [-0.15, -0.1) is 6.42 Å². The molecule has 0 aliphatic carbocycles. The summed E-state index contributed by atoms with van der Waals surface area (Å²) in [6, 6.07) is 12.9. The predicted octanol–water partition coefficient (Wildman–Crippen LogP) is 2.72. The molecule has 1 N–H and O–H groups in total. The van der Waals surface area contributed by atoms with E-state index in [2.05, 4.69) is 11.2 Å². The second-order valence-corrected chi connectivity index (χ2v) is 8.72. The molecule has 1 aliphatic rings. The standard InChI is InChI=1S/C21H22N2O4S/c1-4-17-7-5-9-19(11-17)22-21(24)18-8-6-10-20(12-18)28(25,26)23-13-15(2)27-16(3)14-23/h1,5-12,15-16H,13-14H2,2-3H3,(H,22,24). The van der Waals surface area contributed by atoms with Gasteiger partial charge in [0.15, 0.2) is 0 Å². The van der Waals surface area contributed by atoms with Crippen LogP contribution in [0.2, 0.25) is 0 Å². The number of hydrogen-bond donors (Lipinski definition) is 1. The average molecular weight is 398 g/mol. The van der Waals surface area contributed by atoms with E-state index < -0.39 is 15.9 Å². The minimum Gasteiger partial charge on any atom is -0.373 e. The number of hydrogen-bond acceptors (Lipinski definition) is 4. The third-order valence-corrected chi connectivity index (χ3v) is 6.23. The van der Waals surface area contributed by atoms with Crippen molar-refractivity contribution < 1.29 is 17.9 Å². The second-order valence-electron chi connectivity index (χ2n) is 6.79. The lowest BCUT2D eigenvalue weighted by atomic mass is 10.2. The molecule has 7 heteroatoms. The molecule has 28 heavy (non-hydrogen) atoms. The maximum Gasteiger partial charge on any atom is 0.255 e. The van der Waals surface area contributed by atoms with Gasteiger partial charge in [-0.2, -0.15) is 4.31 Å². The van der Waals surface area contributed by atoms with Crippen LogP contribution in [0.4, 0.5) is 5.69 Å². The zero-order valence-corrected chi connectivity index (χ0v) is 16.6. The van der Waals surface area contributed by atoms with Crippen LogP contribution in [0.5, 0.6) is 0 Å². The Balaban J connectivity index is 1.83. The molecule has 2 aromatic rings. The first-order valence-corrected chi connectivity index (χ1v) is 10.4. The number of nitrogens with one attached hydrogen (secondary N) is 1. The van der Waals surface area contributed by atoms with Gasteiger partial charge in [-0.05, 0) is 50.2 Å². The Bertz CT molecular complexity index is 1020. The summed E-state index contributed by atoms with van der Waals surface area (Å²) in [6.07, 6.45) is 5.00. The number of rotatable bonds is 4. The van der Waals surface area contributed by atoms with Crippen molar-refractivity contribution in [1.29, 1.82) is 0 Å². The molecule has 0 spiro atoms. The number of sulfonamides is 1. The third kappa shape index (κ3) is 4.42. The van der Waals surface area contributed by atoms with Crippen LogP contribution in [0.1, 0.15) is 29.8 Å². The Hall–Kier alpha value is -2.66. The Kier molecular flexibility index (Phi) is 5.84. The van der Waals surface area contributed by atoms with E-state index in [4.69, 9.17) is 11.2 Å². The molecule has 1 fully saturated rings. The van der Waals surface area contributed by atoms with Crippen molar-refractivity contribution >= 4 is 21.6 Å². The lowest BCUT2D eigenvalue weighted by Gasteiger charge is -2.34. The highest BCUT2D eigenvalue weighted by molar-refractivity contribution is 7.89. The van der Waals surface area contributed by atoms with Gasteiger partial charge in [0, 0.05) is 29.9 Å². The molecule has 3 rings (SSSR count). The minimum atomic E-state index is -3.72. The normalized spacial score (nSPS) is 20.3. The first kappa shape index (κ1) is 20.1. The Labute approximate surface area is 165 Å². The van der Waals surface area contributed by atoms with Crippen molar-refractivity contribution in [3.05, 3.63) is 59.7 Å². The van der Waals surface area contributed by atoms with Crippen molar-refractivity contribution in [3.63, 3.8) is 0 Å². The lowest BCUT2D eigenvalue weighted by molar-refractivity contribution is -0.0440. The van der Waals surface area contributed by atoms with Crippen LogP contribution >= 0.6 is 0 Å². The molecule has 0 saturated carbocycles. The first-order chi connectivity index (χ1) is 13.3. The maximum absolute atomic E-state index is 13.0. The monoisotopic (exact) mass is 398 g/mol. The summed E-state index contributed by atoms with van der Waals surface area (Å²) >= 11 is 0. The number of ether oxygens (including phenoxy) is 1. The zero-order chi connectivity index (χ0) is 20.3. The summed E-state index contributed by atoms with van der Waals surface area (Å²) in [5, 5.41) is 2.74. The second kappa shape index (κ2) is 8.15. The maximum atomic E-state index is 13.0. The van der Waals surface area contributed by atoms with Gasteiger partial charge in [-0.1, -0.05) is 18.1 Å². The van der Waals surface area contributed by atoms with Crippen molar-refractivity contribution in [3.8, 4) is 12.3 Å². The quantitative estimate of drug-likeness (QED) is 0.804. The minimum absolute atomic E-state index is 0.0822. The third-order valence-electron chi connectivity index (χ3n) is 4.41. The molecule has 0 bridgehead atoms.